The lowest BCUT2D eigenvalue weighted by molar-refractivity contribution is 0.235. The van der Waals surface area contributed by atoms with Gasteiger partial charge in [-0.15, -0.1) is 0 Å². The Kier molecular flexibility index (Phi) is 6.91. The summed E-state index contributed by atoms with van der Waals surface area (Å²) in [5.74, 6) is 0.704. The van der Waals surface area contributed by atoms with Gasteiger partial charge in [0.1, 0.15) is 0 Å². The van der Waals surface area contributed by atoms with Crippen molar-refractivity contribution in [2.24, 2.45) is 5.92 Å². The number of nitrogens with zero attached hydrogens (tertiary/aromatic N) is 4. The van der Waals surface area contributed by atoms with E-state index in [-0.39, 0.29) is 13.0 Å². The van der Waals surface area contributed by atoms with Crippen LogP contribution in [0.4, 0.5) is 0 Å². The maximum Gasteiger partial charge on any atom is 0.376 e. The molecule has 2 aliphatic rings. The smallest absolute Gasteiger partial charge is 0.376 e. The van der Waals surface area contributed by atoms with Crippen LogP contribution in [0.15, 0.2) is 49.1 Å². The van der Waals surface area contributed by atoms with Gasteiger partial charge in [-0.25, -0.2) is 4.98 Å². The van der Waals surface area contributed by atoms with Gasteiger partial charge in [0.2, 0.25) is 0 Å². The first-order valence-electron chi connectivity index (χ1n) is 12.4. The van der Waals surface area contributed by atoms with Crippen LogP contribution < -0.4 is 0 Å². The predicted molar refractivity (Wildman–Crippen MR) is 140 cm³/mol. The Morgan fingerprint density at radius 2 is 2.00 bits per heavy atom. The third-order valence-electron chi connectivity index (χ3n) is 7.39. The summed E-state index contributed by atoms with van der Waals surface area (Å²) in [5.41, 5.74) is 7.36. The molecule has 1 aliphatic heterocycles. The summed E-state index contributed by atoms with van der Waals surface area (Å²) in [5, 5.41) is 10.8. The first kappa shape index (κ1) is 23.3. The summed E-state index contributed by atoms with van der Waals surface area (Å²) in [6.07, 6.45) is 12.4. The molecule has 1 atom stereocenters. The number of hydrogen-bond acceptors (Lipinski definition) is 4. The summed E-state index contributed by atoms with van der Waals surface area (Å²) >= 11 is 6.47. The topological polar surface area (TPSA) is 54.2 Å². The Bertz CT molecular complexity index is 1180. The second-order valence-electron chi connectivity index (χ2n) is 9.72. The van der Waals surface area contributed by atoms with Gasteiger partial charge in [0.05, 0.1) is 17.7 Å². The van der Waals surface area contributed by atoms with Gasteiger partial charge in [-0.2, -0.15) is 0 Å². The molecular formula is C27H32BClN4O. The van der Waals surface area contributed by atoms with E-state index in [0.29, 0.717) is 5.92 Å². The number of piperidine rings is 1. The van der Waals surface area contributed by atoms with Crippen LogP contribution in [0.1, 0.15) is 59.7 Å². The van der Waals surface area contributed by atoms with E-state index in [1.54, 1.807) is 0 Å². The first-order chi connectivity index (χ1) is 16.5. The van der Waals surface area contributed by atoms with Crippen LogP contribution in [0, 0.1) is 12.8 Å². The van der Waals surface area contributed by atoms with Gasteiger partial charge in [0, 0.05) is 29.9 Å². The molecule has 0 bridgehead atoms. The van der Waals surface area contributed by atoms with E-state index >= 15 is 0 Å². The van der Waals surface area contributed by atoms with Crippen molar-refractivity contribution in [1.82, 2.24) is 19.3 Å². The molecule has 0 spiro atoms. The summed E-state index contributed by atoms with van der Waals surface area (Å²) in [6, 6.07) is 10.6. The Labute approximate surface area is 207 Å². The second kappa shape index (κ2) is 10.1. The molecule has 0 amide bonds. The molecule has 0 radical (unpaired) electrons. The van der Waals surface area contributed by atoms with Crippen molar-refractivity contribution in [2.45, 2.75) is 51.9 Å². The fraction of sp³-hybridized carbons (Fsp3) is 0.407. The molecule has 3 aromatic rings. The molecule has 2 aromatic heterocycles. The van der Waals surface area contributed by atoms with Crippen LogP contribution in [-0.4, -0.2) is 44.5 Å². The van der Waals surface area contributed by atoms with E-state index in [4.69, 9.17) is 16.6 Å². The number of aryl methyl sites for hydroxylation is 2. The average molecular weight is 475 g/mol. The molecule has 1 N–H and O–H groups in total. The van der Waals surface area contributed by atoms with Gasteiger partial charge >= 0.3 is 7.05 Å². The number of benzene rings is 1. The number of hydrogen-bond donors (Lipinski definition) is 1. The van der Waals surface area contributed by atoms with Crippen LogP contribution in [0.5, 0.6) is 0 Å². The molecule has 34 heavy (non-hydrogen) atoms. The number of imidazole rings is 1. The standard InChI is InChI=1S/C27H32BClN4O/c1-19-17-32(18-31-19)12-4-5-21-15-22-16-23(29)7-8-24(22)26(27-25(21)6-3-11-30-27)20-9-13-33(14-10-20)28(2)34/h3,6-8,11,15-18,20,26,34H,4-5,9-10,12-14H2,1-2H3. The number of aromatic nitrogens is 3. The normalized spacial score (nSPS) is 18.7. The van der Waals surface area contributed by atoms with Crippen molar-refractivity contribution in [3.63, 3.8) is 0 Å². The van der Waals surface area contributed by atoms with Crippen molar-refractivity contribution in [3.8, 4) is 0 Å². The van der Waals surface area contributed by atoms with Gasteiger partial charge in [-0.3, -0.25) is 4.98 Å². The zero-order chi connectivity index (χ0) is 23.7. The first-order valence-corrected chi connectivity index (χ1v) is 12.7. The number of rotatable bonds is 6. The second-order valence-corrected chi connectivity index (χ2v) is 10.2. The highest BCUT2D eigenvalue weighted by Crippen LogP contribution is 2.45. The zero-order valence-corrected chi connectivity index (χ0v) is 20.7. The number of pyridine rings is 1. The summed E-state index contributed by atoms with van der Waals surface area (Å²) < 4.78 is 2.17. The molecule has 1 unspecified atom stereocenters. The van der Waals surface area contributed by atoms with Gasteiger partial charge in [0.25, 0.3) is 0 Å². The monoisotopic (exact) mass is 474 g/mol. The fourth-order valence-electron chi connectivity index (χ4n) is 5.66. The molecule has 176 valence electrons. The van der Waals surface area contributed by atoms with Gasteiger partial charge in [-0.1, -0.05) is 29.8 Å². The molecule has 7 heteroatoms. The number of fused-ring (bicyclic) bond motifs is 2. The Morgan fingerprint density at radius 1 is 1.18 bits per heavy atom. The van der Waals surface area contributed by atoms with Crippen LogP contribution in [0.2, 0.25) is 11.8 Å². The lowest BCUT2D eigenvalue weighted by atomic mass is 9.73. The Balaban J connectivity index is 1.48. The summed E-state index contributed by atoms with van der Waals surface area (Å²) in [4.78, 5) is 11.5. The van der Waals surface area contributed by atoms with Crippen molar-refractivity contribution in [3.05, 3.63) is 82.2 Å². The van der Waals surface area contributed by atoms with Gasteiger partial charge in [0.15, 0.2) is 0 Å². The van der Waals surface area contributed by atoms with Crippen LogP contribution in [0.25, 0.3) is 11.6 Å². The molecule has 1 fully saturated rings. The fourth-order valence-corrected chi connectivity index (χ4v) is 5.84. The lowest BCUT2D eigenvalue weighted by Gasteiger charge is -2.37. The third-order valence-corrected chi connectivity index (χ3v) is 7.63. The van der Waals surface area contributed by atoms with E-state index < -0.39 is 0 Å². The highest BCUT2D eigenvalue weighted by atomic mass is 35.5. The van der Waals surface area contributed by atoms with E-state index in [1.165, 1.54) is 28.0 Å². The lowest BCUT2D eigenvalue weighted by Crippen LogP contribution is -2.44. The third kappa shape index (κ3) is 4.86. The maximum atomic E-state index is 10.1. The van der Waals surface area contributed by atoms with E-state index in [0.717, 1.165) is 56.0 Å². The molecule has 3 heterocycles. The molecule has 1 aromatic carbocycles. The minimum atomic E-state index is -0.390. The van der Waals surface area contributed by atoms with Crippen molar-refractivity contribution in [1.29, 1.82) is 0 Å². The minimum Gasteiger partial charge on any atom is -0.437 e. The largest absolute Gasteiger partial charge is 0.437 e. The van der Waals surface area contributed by atoms with Crippen LogP contribution in [-0.2, 0) is 6.54 Å². The maximum absolute atomic E-state index is 10.1. The summed E-state index contributed by atoms with van der Waals surface area (Å²) in [6.45, 7) is 6.65. The van der Waals surface area contributed by atoms with E-state index in [1.807, 2.05) is 32.3 Å². The van der Waals surface area contributed by atoms with Crippen molar-refractivity contribution in [2.75, 3.05) is 13.1 Å². The molecule has 5 rings (SSSR count). The zero-order valence-electron chi connectivity index (χ0n) is 20.0. The highest BCUT2D eigenvalue weighted by molar-refractivity contribution is 6.45. The molecular weight excluding hydrogens is 443 g/mol. The van der Waals surface area contributed by atoms with Crippen LogP contribution >= 0.6 is 11.6 Å². The predicted octanol–water partition coefficient (Wildman–Crippen LogP) is 5.53. The molecule has 1 aliphatic carbocycles. The number of halogens is 1. The van der Waals surface area contributed by atoms with Crippen molar-refractivity contribution < 1.29 is 5.02 Å². The van der Waals surface area contributed by atoms with Gasteiger partial charge < -0.3 is 14.4 Å². The SMILES string of the molecule is CB(O)N1CCC(C2c3ccc(Cl)cc3C=C(CCCn3cnc(C)c3)c3cccnc32)CC1. The minimum absolute atomic E-state index is 0.227. The quantitative estimate of drug-likeness (QED) is 0.477. The Hall–Kier alpha value is -2.41. The Morgan fingerprint density at radius 3 is 2.74 bits per heavy atom. The van der Waals surface area contributed by atoms with Gasteiger partial charge in [-0.05, 0) is 98.9 Å². The molecule has 0 saturated carbocycles. The molecule has 1 saturated heterocycles. The summed E-state index contributed by atoms with van der Waals surface area (Å²) in [7, 11) is -0.390. The highest BCUT2D eigenvalue weighted by Gasteiger charge is 2.35. The van der Waals surface area contributed by atoms with Crippen molar-refractivity contribution >= 4 is 30.3 Å². The van der Waals surface area contributed by atoms with Crippen LogP contribution in [0.3, 0.4) is 0 Å². The molecule has 5 nitrogen and oxygen atoms in total. The van der Waals surface area contributed by atoms with E-state index in [9.17, 15) is 5.02 Å². The van der Waals surface area contributed by atoms with E-state index in [2.05, 4.69) is 50.9 Å². The average Bonchev–Trinajstić information content (AvgIpc) is 3.19. The number of allylic oxidation sites excluding steroid dienone is 1.